The molecule has 1 aliphatic rings. The molecule has 0 saturated carbocycles. The molecule has 1 amide bonds. The third-order valence-electron chi connectivity index (χ3n) is 3.12. The molecule has 3 N–H and O–H groups in total. The second-order valence-corrected chi connectivity index (χ2v) is 4.56. The maximum absolute atomic E-state index is 12.4. The van der Waals surface area contributed by atoms with Crippen LogP contribution in [0.2, 0.25) is 0 Å². The van der Waals surface area contributed by atoms with Gasteiger partial charge in [-0.25, -0.2) is 4.79 Å². The maximum atomic E-state index is 12.4. The average Bonchev–Trinajstić information content (AvgIpc) is 2.78. The zero-order chi connectivity index (χ0) is 16.1. The minimum atomic E-state index is -0.949. The molecule has 2 rings (SSSR count). The van der Waals surface area contributed by atoms with Gasteiger partial charge < -0.3 is 15.7 Å². The van der Waals surface area contributed by atoms with Crippen LogP contribution in [0, 0.1) is 5.92 Å². The number of carbonyl (C=O) groups excluding carboxylic acids is 2. The van der Waals surface area contributed by atoms with Crippen molar-refractivity contribution in [2.45, 2.75) is 13.3 Å². The second-order valence-electron chi connectivity index (χ2n) is 4.56. The third kappa shape index (κ3) is 3.05. The number of nitrogens with zero attached hydrogens (tertiary/aromatic N) is 3. The summed E-state index contributed by atoms with van der Waals surface area (Å²) in [7, 11) is 0. The molecule has 0 radical (unpaired) electrons. The van der Waals surface area contributed by atoms with Crippen LogP contribution in [0.5, 0.6) is 0 Å². The van der Waals surface area contributed by atoms with Crippen LogP contribution in [0.3, 0.4) is 0 Å². The molecule has 8 heteroatoms. The Hall–Kier alpha value is -2.90. The molecule has 0 saturated heterocycles. The van der Waals surface area contributed by atoms with Gasteiger partial charge in [-0.2, -0.15) is 5.01 Å². The molecule has 8 nitrogen and oxygen atoms in total. The van der Waals surface area contributed by atoms with Crippen LogP contribution in [0.25, 0.3) is 0 Å². The molecule has 1 aromatic carbocycles. The topological polar surface area (TPSA) is 118 Å². The van der Waals surface area contributed by atoms with Crippen LogP contribution in [-0.2, 0) is 20.7 Å². The highest BCUT2D eigenvalue weighted by atomic mass is 16.5. The molecule has 116 valence electrons. The van der Waals surface area contributed by atoms with Gasteiger partial charge >= 0.3 is 5.97 Å². The van der Waals surface area contributed by atoms with Crippen LogP contribution in [0.1, 0.15) is 12.5 Å². The standard InChI is InChI=1S/C14H16N4O4/c1-2-22-14(20)12(17-21)18-13(19)10(11(15)16-18)8-9-6-4-3-5-7-9/h3-7,10,21H,2,8H2,1H3,(H2,15,16)/b17-12+. The Morgan fingerprint density at radius 1 is 1.45 bits per heavy atom. The first kappa shape index (κ1) is 15.5. The van der Waals surface area contributed by atoms with Gasteiger partial charge in [-0.3, -0.25) is 4.79 Å². The van der Waals surface area contributed by atoms with E-state index in [9.17, 15) is 9.59 Å². The van der Waals surface area contributed by atoms with Gasteiger partial charge in [-0.1, -0.05) is 35.5 Å². The number of hydrogen-bond acceptors (Lipinski definition) is 7. The van der Waals surface area contributed by atoms with E-state index in [0.29, 0.717) is 11.4 Å². The van der Waals surface area contributed by atoms with Gasteiger partial charge in [-0.05, 0) is 18.9 Å². The average molecular weight is 304 g/mol. The molecule has 1 atom stereocenters. The molecule has 0 aromatic heterocycles. The first-order chi connectivity index (χ1) is 10.6. The molecular weight excluding hydrogens is 288 g/mol. The monoisotopic (exact) mass is 304 g/mol. The maximum Gasteiger partial charge on any atom is 0.379 e. The summed E-state index contributed by atoms with van der Waals surface area (Å²) in [6, 6.07) is 9.27. The van der Waals surface area contributed by atoms with Crippen molar-refractivity contribution >= 4 is 23.5 Å². The number of hydrazone groups is 1. The zero-order valence-electron chi connectivity index (χ0n) is 12.0. The second kappa shape index (κ2) is 6.70. The Kier molecular flexibility index (Phi) is 4.72. The van der Waals surface area contributed by atoms with Crippen molar-refractivity contribution in [1.29, 1.82) is 0 Å². The molecule has 0 spiro atoms. The number of ether oxygens (including phenoxy) is 1. The number of esters is 1. The molecule has 0 bridgehead atoms. The largest absolute Gasteiger partial charge is 0.460 e. The van der Waals surface area contributed by atoms with Crippen molar-refractivity contribution in [3.05, 3.63) is 35.9 Å². The zero-order valence-corrected chi connectivity index (χ0v) is 12.0. The van der Waals surface area contributed by atoms with E-state index >= 15 is 0 Å². The van der Waals surface area contributed by atoms with Crippen molar-refractivity contribution in [2.75, 3.05) is 6.61 Å². The Labute approximate surface area is 126 Å². The molecule has 0 aliphatic carbocycles. The van der Waals surface area contributed by atoms with E-state index in [2.05, 4.69) is 10.3 Å². The Balaban J connectivity index is 2.18. The lowest BCUT2D eigenvalue weighted by Gasteiger charge is -2.13. The third-order valence-corrected chi connectivity index (χ3v) is 3.12. The lowest BCUT2D eigenvalue weighted by atomic mass is 9.98. The summed E-state index contributed by atoms with van der Waals surface area (Å²) >= 11 is 0. The lowest BCUT2D eigenvalue weighted by Crippen LogP contribution is -2.39. The number of rotatable bonds is 3. The summed E-state index contributed by atoms with van der Waals surface area (Å²) in [5, 5.41) is 16.2. The van der Waals surface area contributed by atoms with E-state index in [-0.39, 0.29) is 12.4 Å². The number of amidine groups is 2. The molecule has 1 heterocycles. The number of carbonyl (C=O) groups is 2. The Morgan fingerprint density at radius 2 is 2.14 bits per heavy atom. The SMILES string of the molecule is CCOC(=O)/C(=N\O)N1N=C(N)C(Cc2ccccc2)C1=O. The fourth-order valence-corrected chi connectivity index (χ4v) is 2.07. The lowest BCUT2D eigenvalue weighted by molar-refractivity contribution is -0.138. The van der Waals surface area contributed by atoms with Gasteiger partial charge in [-0.15, -0.1) is 5.10 Å². The van der Waals surface area contributed by atoms with E-state index in [1.165, 1.54) is 0 Å². The highest BCUT2D eigenvalue weighted by Crippen LogP contribution is 2.19. The Morgan fingerprint density at radius 3 is 2.73 bits per heavy atom. The summed E-state index contributed by atoms with van der Waals surface area (Å²) in [6.45, 7) is 1.67. The molecule has 0 fully saturated rings. The number of hydrogen-bond donors (Lipinski definition) is 2. The van der Waals surface area contributed by atoms with Crippen LogP contribution < -0.4 is 5.73 Å². The summed E-state index contributed by atoms with van der Waals surface area (Å²) in [5.74, 6) is -2.75. The van der Waals surface area contributed by atoms with E-state index in [1.54, 1.807) is 6.92 Å². The van der Waals surface area contributed by atoms with E-state index in [1.807, 2.05) is 30.3 Å². The molecule has 1 aliphatic heterocycles. The summed E-state index contributed by atoms with van der Waals surface area (Å²) in [6.07, 6.45) is 0.340. The summed E-state index contributed by atoms with van der Waals surface area (Å²) < 4.78 is 4.71. The number of oxime groups is 1. The summed E-state index contributed by atoms with van der Waals surface area (Å²) in [4.78, 5) is 24.0. The highest BCUT2D eigenvalue weighted by Gasteiger charge is 2.40. The van der Waals surface area contributed by atoms with Crippen LogP contribution in [-0.4, -0.2) is 40.4 Å². The highest BCUT2D eigenvalue weighted by molar-refractivity contribution is 6.39. The fraction of sp³-hybridized carbons (Fsp3) is 0.286. The molecule has 1 aromatic rings. The van der Waals surface area contributed by atoms with Gasteiger partial charge in [0.25, 0.3) is 11.7 Å². The first-order valence-corrected chi connectivity index (χ1v) is 6.69. The number of nitrogens with two attached hydrogens (primary N) is 1. The Bertz CT molecular complexity index is 627. The molecule has 22 heavy (non-hydrogen) atoms. The van der Waals surface area contributed by atoms with E-state index < -0.39 is 23.6 Å². The van der Waals surface area contributed by atoms with Gasteiger partial charge in [0.2, 0.25) is 0 Å². The van der Waals surface area contributed by atoms with Crippen molar-refractivity contribution in [3.63, 3.8) is 0 Å². The quantitative estimate of drug-likeness (QED) is 0.274. The smallest absolute Gasteiger partial charge is 0.379 e. The summed E-state index contributed by atoms with van der Waals surface area (Å²) in [5.41, 5.74) is 6.68. The van der Waals surface area contributed by atoms with E-state index in [4.69, 9.17) is 15.7 Å². The minimum absolute atomic E-state index is 0.0549. The van der Waals surface area contributed by atoms with Crippen LogP contribution in [0.15, 0.2) is 40.6 Å². The van der Waals surface area contributed by atoms with E-state index in [0.717, 1.165) is 5.56 Å². The van der Waals surface area contributed by atoms with Gasteiger partial charge in [0.15, 0.2) is 0 Å². The van der Waals surface area contributed by atoms with Crippen molar-refractivity contribution < 1.29 is 19.5 Å². The predicted molar refractivity (Wildman–Crippen MR) is 78.0 cm³/mol. The molecule has 1 unspecified atom stereocenters. The van der Waals surface area contributed by atoms with Crippen molar-refractivity contribution in [1.82, 2.24) is 5.01 Å². The van der Waals surface area contributed by atoms with Crippen molar-refractivity contribution in [2.24, 2.45) is 21.9 Å². The molecular formula is C14H16N4O4. The number of amides is 1. The normalized spacial score (nSPS) is 18.3. The van der Waals surface area contributed by atoms with Crippen LogP contribution >= 0.6 is 0 Å². The predicted octanol–water partition coefficient (Wildman–Crippen LogP) is 0.310. The van der Waals surface area contributed by atoms with Crippen LogP contribution in [0.4, 0.5) is 0 Å². The van der Waals surface area contributed by atoms with Gasteiger partial charge in [0.05, 0.1) is 6.61 Å². The minimum Gasteiger partial charge on any atom is -0.460 e. The van der Waals surface area contributed by atoms with Gasteiger partial charge in [0, 0.05) is 0 Å². The number of benzene rings is 1. The fourth-order valence-electron chi connectivity index (χ4n) is 2.07. The van der Waals surface area contributed by atoms with Gasteiger partial charge in [0.1, 0.15) is 11.8 Å². The van der Waals surface area contributed by atoms with Crippen molar-refractivity contribution in [3.8, 4) is 0 Å². The first-order valence-electron chi connectivity index (χ1n) is 6.69.